The predicted octanol–water partition coefficient (Wildman–Crippen LogP) is 1.30. The van der Waals surface area contributed by atoms with Crippen molar-refractivity contribution in [2.24, 2.45) is 0 Å². The summed E-state index contributed by atoms with van der Waals surface area (Å²) in [5, 5.41) is 18.7. The summed E-state index contributed by atoms with van der Waals surface area (Å²) in [5.74, 6) is -0.497. The van der Waals surface area contributed by atoms with Crippen LogP contribution in [0.3, 0.4) is 0 Å². The van der Waals surface area contributed by atoms with Crippen molar-refractivity contribution in [3.05, 3.63) is 34.9 Å². The van der Waals surface area contributed by atoms with Gasteiger partial charge in [-0.15, -0.1) is 0 Å². The minimum atomic E-state index is -0.497. The van der Waals surface area contributed by atoms with Crippen LogP contribution in [0.4, 0.5) is 0 Å². The Hall–Kier alpha value is -1.90. The van der Waals surface area contributed by atoms with Gasteiger partial charge in [0.15, 0.2) is 0 Å². The van der Waals surface area contributed by atoms with E-state index in [0.29, 0.717) is 17.7 Å². The van der Waals surface area contributed by atoms with Crippen LogP contribution < -0.4 is 0 Å². The van der Waals surface area contributed by atoms with Crippen molar-refractivity contribution in [2.75, 3.05) is 20.3 Å². The molecule has 0 aliphatic carbocycles. The van der Waals surface area contributed by atoms with Crippen molar-refractivity contribution >= 4 is 5.97 Å². The molecule has 1 saturated heterocycles. The zero-order valence-corrected chi connectivity index (χ0v) is 11.5. The molecule has 0 unspecified atom stereocenters. The average Bonchev–Trinajstić information content (AvgIpc) is 2.93. The maximum atomic E-state index is 11.7. The van der Waals surface area contributed by atoms with Crippen LogP contribution in [-0.4, -0.2) is 42.3 Å². The van der Waals surface area contributed by atoms with Gasteiger partial charge in [-0.3, -0.25) is 4.90 Å². The van der Waals surface area contributed by atoms with Gasteiger partial charge in [-0.1, -0.05) is 12.1 Å². The van der Waals surface area contributed by atoms with E-state index in [0.717, 1.165) is 24.9 Å². The van der Waals surface area contributed by atoms with Gasteiger partial charge in [-0.2, -0.15) is 5.26 Å². The Morgan fingerprint density at radius 1 is 1.60 bits per heavy atom. The number of hydrogen-bond donors (Lipinski definition) is 1. The molecule has 5 heteroatoms. The zero-order chi connectivity index (χ0) is 14.5. The fraction of sp³-hybridized carbons (Fsp3) is 0.467. The topological polar surface area (TPSA) is 73.6 Å². The molecule has 1 heterocycles. The van der Waals surface area contributed by atoms with Gasteiger partial charge >= 0.3 is 5.97 Å². The number of nitriles is 1. The second-order valence-corrected chi connectivity index (χ2v) is 4.89. The predicted molar refractivity (Wildman–Crippen MR) is 73.0 cm³/mol. The molecule has 1 atom stereocenters. The Kier molecular flexibility index (Phi) is 4.72. The van der Waals surface area contributed by atoms with E-state index < -0.39 is 5.97 Å². The number of likely N-dealkylation sites (tertiary alicyclic amines) is 1. The summed E-state index contributed by atoms with van der Waals surface area (Å²) in [6.45, 7) is 1.59. The van der Waals surface area contributed by atoms with Crippen LogP contribution in [0.5, 0.6) is 0 Å². The summed E-state index contributed by atoms with van der Waals surface area (Å²) in [4.78, 5) is 13.8. The SMILES string of the molecule is COC(=O)c1cccc(CN2CCC[C@@H]2CO)c1C#N. The normalized spacial score (nSPS) is 18.8. The molecule has 5 nitrogen and oxygen atoms in total. The molecule has 0 radical (unpaired) electrons. The third kappa shape index (κ3) is 2.82. The Morgan fingerprint density at radius 2 is 2.40 bits per heavy atom. The summed E-state index contributed by atoms with van der Waals surface area (Å²) in [5.41, 5.74) is 1.46. The van der Waals surface area contributed by atoms with Crippen LogP contribution in [0, 0.1) is 11.3 Å². The van der Waals surface area contributed by atoms with Crippen LogP contribution in [0.1, 0.15) is 34.3 Å². The first kappa shape index (κ1) is 14.5. The Balaban J connectivity index is 2.28. The first-order valence-corrected chi connectivity index (χ1v) is 6.66. The second-order valence-electron chi connectivity index (χ2n) is 4.89. The number of rotatable bonds is 4. The number of carbonyl (C=O) groups excluding carboxylic acids is 1. The molecule has 1 aromatic rings. The Labute approximate surface area is 118 Å². The molecule has 106 valence electrons. The van der Waals surface area contributed by atoms with Crippen molar-refractivity contribution < 1.29 is 14.6 Å². The highest BCUT2D eigenvalue weighted by Gasteiger charge is 2.25. The minimum absolute atomic E-state index is 0.124. The summed E-state index contributed by atoms with van der Waals surface area (Å²) >= 11 is 0. The summed E-state index contributed by atoms with van der Waals surface area (Å²) in [7, 11) is 1.30. The third-order valence-corrected chi connectivity index (χ3v) is 3.75. The van der Waals surface area contributed by atoms with E-state index in [2.05, 4.69) is 11.0 Å². The maximum absolute atomic E-state index is 11.7. The number of methoxy groups -OCH3 is 1. The van der Waals surface area contributed by atoms with Crippen LogP contribution in [-0.2, 0) is 11.3 Å². The van der Waals surface area contributed by atoms with Crippen molar-refractivity contribution in [3.8, 4) is 6.07 Å². The van der Waals surface area contributed by atoms with Crippen molar-refractivity contribution in [2.45, 2.75) is 25.4 Å². The molecule has 0 spiro atoms. The lowest BCUT2D eigenvalue weighted by Crippen LogP contribution is -2.32. The van der Waals surface area contributed by atoms with Crippen molar-refractivity contribution in [1.29, 1.82) is 5.26 Å². The van der Waals surface area contributed by atoms with Crippen LogP contribution in [0.15, 0.2) is 18.2 Å². The fourth-order valence-electron chi connectivity index (χ4n) is 2.67. The lowest BCUT2D eigenvalue weighted by atomic mass is 10.0. The van der Waals surface area contributed by atoms with E-state index >= 15 is 0 Å². The van der Waals surface area contributed by atoms with E-state index in [9.17, 15) is 15.2 Å². The molecule has 0 bridgehead atoms. The van der Waals surface area contributed by atoms with Gasteiger partial charge < -0.3 is 9.84 Å². The van der Waals surface area contributed by atoms with Gasteiger partial charge in [0.2, 0.25) is 0 Å². The number of benzene rings is 1. The van der Waals surface area contributed by atoms with E-state index in [1.54, 1.807) is 12.1 Å². The van der Waals surface area contributed by atoms with Crippen molar-refractivity contribution in [1.82, 2.24) is 4.90 Å². The van der Waals surface area contributed by atoms with E-state index in [-0.39, 0.29) is 12.6 Å². The lowest BCUT2D eigenvalue weighted by molar-refractivity contribution is 0.0600. The average molecular weight is 274 g/mol. The smallest absolute Gasteiger partial charge is 0.339 e. The molecule has 0 aromatic heterocycles. The molecular weight excluding hydrogens is 256 g/mol. The first-order chi connectivity index (χ1) is 9.71. The molecule has 1 N–H and O–H groups in total. The molecule has 1 aliphatic rings. The summed E-state index contributed by atoms with van der Waals surface area (Å²) < 4.78 is 4.70. The summed E-state index contributed by atoms with van der Waals surface area (Å²) in [6, 6.07) is 7.44. The van der Waals surface area contributed by atoms with E-state index in [1.165, 1.54) is 7.11 Å². The molecule has 0 amide bonds. The summed E-state index contributed by atoms with van der Waals surface area (Å²) in [6.07, 6.45) is 2.01. The van der Waals surface area contributed by atoms with Gasteiger partial charge in [0.1, 0.15) is 6.07 Å². The first-order valence-electron chi connectivity index (χ1n) is 6.66. The number of aliphatic hydroxyl groups excluding tert-OH is 1. The number of carbonyl (C=O) groups is 1. The molecule has 2 rings (SSSR count). The van der Waals surface area contributed by atoms with E-state index in [1.807, 2.05) is 6.07 Å². The van der Waals surface area contributed by atoms with Crippen LogP contribution in [0.25, 0.3) is 0 Å². The maximum Gasteiger partial charge on any atom is 0.339 e. The molecular formula is C15H18N2O3. The second kappa shape index (κ2) is 6.51. The highest BCUT2D eigenvalue weighted by Crippen LogP contribution is 2.23. The highest BCUT2D eigenvalue weighted by molar-refractivity contribution is 5.92. The van der Waals surface area contributed by atoms with Crippen LogP contribution in [0.2, 0.25) is 0 Å². The van der Waals surface area contributed by atoms with Crippen molar-refractivity contribution in [3.63, 3.8) is 0 Å². The molecule has 1 fully saturated rings. The zero-order valence-electron chi connectivity index (χ0n) is 11.5. The number of aliphatic hydroxyl groups is 1. The number of nitrogens with zero attached hydrogens (tertiary/aromatic N) is 2. The lowest BCUT2D eigenvalue weighted by Gasteiger charge is -2.23. The van der Waals surface area contributed by atoms with Gasteiger partial charge in [-0.05, 0) is 31.0 Å². The fourth-order valence-corrected chi connectivity index (χ4v) is 2.67. The molecule has 20 heavy (non-hydrogen) atoms. The van der Waals surface area contributed by atoms with Gasteiger partial charge in [0.25, 0.3) is 0 Å². The van der Waals surface area contributed by atoms with Crippen LogP contribution >= 0.6 is 0 Å². The Morgan fingerprint density at radius 3 is 3.05 bits per heavy atom. The minimum Gasteiger partial charge on any atom is -0.465 e. The Bertz CT molecular complexity index is 536. The number of esters is 1. The highest BCUT2D eigenvalue weighted by atomic mass is 16.5. The van der Waals surface area contributed by atoms with Gasteiger partial charge in [0, 0.05) is 12.6 Å². The standard InChI is InChI=1S/C15H18N2O3/c1-20-15(19)13-6-2-4-11(14(13)8-16)9-17-7-3-5-12(17)10-18/h2,4,6,12,18H,3,5,7,9-10H2,1H3/t12-/m1/s1. The quantitative estimate of drug-likeness (QED) is 0.838. The van der Waals surface area contributed by atoms with Gasteiger partial charge in [-0.25, -0.2) is 4.79 Å². The third-order valence-electron chi connectivity index (χ3n) is 3.75. The monoisotopic (exact) mass is 274 g/mol. The van der Waals surface area contributed by atoms with Gasteiger partial charge in [0.05, 0.1) is 24.8 Å². The van der Waals surface area contributed by atoms with E-state index in [4.69, 9.17) is 4.74 Å². The number of ether oxygens (including phenoxy) is 1. The number of hydrogen-bond acceptors (Lipinski definition) is 5. The molecule has 1 aromatic carbocycles. The largest absolute Gasteiger partial charge is 0.465 e. The molecule has 0 saturated carbocycles. The molecule has 1 aliphatic heterocycles.